The van der Waals surface area contributed by atoms with Gasteiger partial charge in [0.1, 0.15) is 11.5 Å². The van der Waals surface area contributed by atoms with Crippen molar-refractivity contribution < 1.29 is 14.3 Å². The van der Waals surface area contributed by atoms with E-state index in [0.29, 0.717) is 29.5 Å². The molecule has 122 valence electrons. The van der Waals surface area contributed by atoms with Gasteiger partial charge in [-0.1, -0.05) is 41.9 Å². The average Bonchev–Trinajstić information content (AvgIpc) is 3.00. The highest BCUT2D eigenvalue weighted by Gasteiger charge is 2.16. The zero-order valence-electron chi connectivity index (χ0n) is 12.9. The average molecular weight is 342 g/mol. The number of rotatable bonds is 6. The van der Waals surface area contributed by atoms with Crippen LogP contribution in [-0.2, 0) is 11.2 Å². The molecule has 4 nitrogen and oxygen atoms in total. The van der Waals surface area contributed by atoms with Crippen molar-refractivity contribution in [2.75, 3.05) is 0 Å². The van der Waals surface area contributed by atoms with E-state index in [1.54, 1.807) is 12.1 Å². The maximum atomic E-state index is 10.7. The van der Waals surface area contributed by atoms with Crippen molar-refractivity contribution in [3.05, 3.63) is 65.4 Å². The molecule has 1 aromatic heterocycles. The van der Waals surface area contributed by atoms with Crippen molar-refractivity contribution in [3.8, 4) is 22.7 Å². The fourth-order valence-corrected chi connectivity index (χ4v) is 2.58. The van der Waals surface area contributed by atoms with Crippen LogP contribution in [0.15, 0.2) is 59.0 Å². The lowest BCUT2D eigenvalue weighted by atomic mass is 10.1. The highest BCUT2D eigenvalue weighted by atomic mass is 35.5. The Hall–Kier alpha value is -2.59. The first-order valence-corrected chi connectivity index (χ1v) is 8.04. The molecule has 24 heavy (non-hydrogen) atoms. The van der Waals surface area contributed by atoms with Crippen LogP contribution in [0.3, 0.4) is 0 Å². The summed E-state index contributed by atoms with van der Waals surface area (Å²) in [5.41, 5.74) is 2.52. The van der Waals surface area contributed by atoms with Crippen LogP contribution in [0.5, 0.6) is 0 Å². The second-order valence-corrected chi connectivity index (χ2v) is 5.85. The van der Waals surface area contributed by atoms with Gasteiger partial charge in [0.05, 0.1) is 0 Å². The van der Waals surface area contributed by atoms with Crippen molar-refractivity contribution in [2.24, 2.45) is 0 Å². The summed E-state index contributed by atoms with van der Waals surface area (Å²) >= 11 is 5.95. The van der Waals surface area contributed by atoms with Crippen molar-refractivity contribution in [3.63, 3.8) is 0 Å². The van der Waals surface area contributed by atoms with Gasteiger partial charge in [0, 0.05) is 29.0 Å². The number of carboxylic acid groups (broad SMARTS) is 1. The Bertz CT molecular complexity index is 826. The van der Waals surface area contributed by atoms with Crippen molar-refractivity contribution in [1.82, 2.24) is 4.98 Å². The number of aryl methyl sites for hydroxylation is 1. The molecule has 0 bridgehead atoms. The second kappa shape index (κ2) is 7.32. The van der Waals surface area contributed by atoms with Crippen LogP contribution < -0.4 is 0 Å². The molecule has 0 spiro atoms. The van der Waals surface area contributed by atoms with E-state index in [2.05, 4.69) is 4.98 Å². The quantitative estimate of drug-likeness (QED) is 0.680. The van der Waals surface area contributed by atoms with Crippen LogP contribution in [0.2, 0.25) is 5.02 Å². The standard InChI is InChI=1S/C19H16ClNO3/c20-15-11-9-13(10-12-15)18-16(7-4-8-17(22)23)24-19(21-18)14-5-2-1-3-6-14/h1-3,5-6,9-12H,4,7-8H2,(H,22,23). The van der Waals surface area contributed by atoms with Gasteiger partial charge in [0.2, 0.25) is 5.89 Å². The van der Waals surface area contributed by atoms with Gasteiger partial charge < -0.3 is 9.52 Å². The van der Waals surface area contributed by atoms with Crippen LogP contribution in [0.1, 0.15) is 18.6 Å². The van der Waals surface area contributed by atoms with E-state index in [-0.39, 0.29) is 6.42 Å². The Morgan fingerprint density at radius 1 is 1.04 bits per heavy atom. The summed E-state index contributed by atoms with van der Waals surface area (Å²) in [4.78, 5) is 15.4. The Morgan fingerprint density at radius 3 is 2.42 bits per heavy atom. The summed E-state index contributed by atoms with van der Waals surface area (Å²) in [5.74, 6) is 0.411. The molecule has 1 N–H and O–H groups in total. The fraction of sp³-hybridized carbons (Fsp3) is 0.158. The number of benzene rings is 2. The molecule has 0 saturated heterocycles. The molecular weight excluding hydrogens is 326 g/mol. The third-order valence-corrected chi connectivity index (χ3v) is 3.88. The minimum atomic E-state index is -0.814. The van der Waals surface area contributed by atoms with Crippen LogP contribution in [0.4, 0.5) is 0 Å². The number of nitrogens with zero attached hydrogens (tertiary/aromatic N) is 1. The van der Waals surface area contributed by atoms with Crippen LogP contribution in [0.25, 0.3) is 22.7 Å². The molecule has 0 aliphatic carbocycles. The van der Waals surface area contributed by atoms with E-state index in [4.69, 9.17) is 21.1 Å². The molecule has 0 saturated carbocycles. The molecule has 0 aliphatic heterocycles. The smallest absolute Gasteiger partial charge is 0.303 e. The number of carbonyl (C=O) groups is 1. The summed E-state index contributed by atoms with van der Waals surface area (Å²) < 4.78 is 5.93. The van der Waals surface area contributed by atoms with Crippen LogP contribution >= 0.6 is 11.6 Å². The molecule has 0 unspecified atom stereocenters. The second-order valence-electron chi connectivity index (χ2n) is 5.41. The topological polar surface area (TPSA) is 63.3 Å². The molecule has 0 aliphatic rings. The molecule has 0 radical (unpaired) electrons. The molecular formula is C19H16ClNO3. The van der Waals surface area contributed by atoms with E-state index >= 15 is 0 Å². The maximum Gasteiger partial charge on any atom is 0.303 e. The van der Waals surface area contributed by atoms with Gasteiger partial charge in [0.15, 0.2) is 0 Å². The number of aliphatic carboxylic acids is 1. The fourth-order valence-electron chi connectivity index (χ4n) is 2.46. The van der Waals surface area contributed by atoms with Gasteiger partial charge >= 0.3 is 5.97 Å². The first kappa shape index (κ1) is 16.3. The summed E-state index contributed by atoms with van der Waals surface area (Å²) in [5, 5.41) is 9.48. The summed E-state index contributed by atoms with van der Waals surface area (Å²) in [6, 6.07) is 17.0. The molecule has 0 amide bonds. The van der Waals surface area contributed by atoms with Crippen molar-refractivity contribution in [1.29, 1.82) is 0 Å². The molecule has 3 aromatic rings. The van der Waals surface area contributed by atoms with Gasteiger partial charge in [-0.25, -0.2) is 4.98 Å². The Kier molecular flexibility index (Phi) is 4.96. The minimum absolute atomic E-state index is 0.0986. The monoisotopic (exact) mass is 341 g/mol. The number of hydrogen-bond acceptors (Lipinski definition) is 3. The molecule has 2 aromatic carbocycles. The first-order valence-electron chi connectivity index (χ1n) is 7.66. The highest BCUT2D eigenvalue weighted by molar-refractivity contribution is 6.30. The normalized spacial score (nSPS) is 10.7. The number of carboxylic acids is 1. The summed E-state index contributed by atoms with van der Waals surface area (Å²) in [7, 11) is 0. The molecule has 0 fully saturated rings. The predicted molar refractivity (Wildman–Crippen MR) is 93.0 cm³/mol. The Labute approximate surface area is 144 Å². The Balaban J connectivity index is 1.96. The van der Waals surface area contributed by atoms with Crippen LogP contribution in [0, 0.1) is 0 Å². The third kappa shape index (κ3) is 3.84. The molecule has 3 rings (SSSR count). The van der Waals surface area contributed by atoms with E-state index in [9.17, 15) is 4.79 Å². The lowest BCUT2D eigenvalue weighted by Crippen LogP contribution is -1.96. The Morgan fingerprint density at radius 2 is 1.75 bits per heavy atom. The zero-order chi connectivity index (χ0) is 16.9. The van der Waals surface area contributed by atoms with Crippen molar-refractivity contribution in [2.45, 2.75) is 19.3 Å². The van der Waals surface area contributed by atoms with E-state index in [1.165, 1.54) is 0 Å². The van der Waals surface area contributed by atoms with Gasteiger partial charge in [-0.15, -0.1) is 0 Å². The van der Waals surface area contributed by atoms with E-state index in [1.807, 2.05) is 42.5 Å². The number of aromatic nitrogens is 1. The van der Waals surface area contributed by atoms with E-state index in [0.717, 1.165) is 16.8 Å². The maximum absolute atomic E-state index is 10.7. The van der Waals surface area contributed by atoms with Gasteiger partial charge in [-0.2, -0.15) is 0 Å². The SMILES string of the molecule is O=C(O)CCCc1oc(-c2ccccc2)nc1-c1ccc(Cl)cc1. The molecule has 5 heteroatoms. The van der Waals surface area contributed by atoms with Gasteiger partial charge in [-0.05, 0) is 30.7 Å². The summed E-state index contributed by atoms with van der Waals surface area (Å²) in [6.45, 7) is 0. The van der Waals surface area contributed by atoms with Crippen LogP contribution in [-0.4, -0.2) is 16.1 Å². The van der Waals surface area contributed by atoms with Gasteiger partial charge in [-0.3, -0.25) is 4.79 Å². The van der Waals surface area contributed by atoms with Crippen molar-refractivity contribution >= 4 is 17.6 Å². The lowest BCUT2D eigenvalue weighted by molar-refractivity contribution is -0.137. The minimum Gasteiger partial charge on any atom is -0.481 e. The molecule has 0 atom stereocenters. The number of halogens is 1. The predicted octanol–water partition coefficient (Wildman–Crippen LogP) is 5.07. The highest BCUT2D eigenvalue weighted by Crippen LogP contribution is 2.30. The largest absolute Gasteiger partial charge is 0.481 e. The number of hydrogen-bond donors (Lipinski definition) is 1. The zero-order valence-corrected chi connectivity index (χ0v) is 13.7. The third-order valence-electron chi connectivity index (χ3n) is 3.63. The summed E-state index contributed by atoms with van der Waals surface area (Å²) in [6.07, 6.45) is 1.12. The van der Waals surface area contributed by atoms with Gasteiger partial charge in [0.25, 0.3) is 0 Å². The van der Waals surface area contributed by atoms with E-state index < -0.39 is 5.97 Å². The first-order chi connectivity index (χ1) is 11.6. The number of oxazole rings is 1. The lowest BCUT2D eigenvalue weighted by Gasteiger charge is -2.01. The molecule has 1 heterocycles.